The molecule has 1 rings (SSSR count). The fourth-order valence-corrected chi connectivity index (χ4v) is 0.904. The summed E-state index contributed by atoms with van der Waals surface area (Å²) in [6, 6.07) is 8.42. The zero-order chi connectivity index (χ0) is 8.10. The Bertz CT molecular complexity index is 201. The standard InChI is InChI=1S/C10H14O/c1-3-11-8-10-6-4-9(2)5-7-10/h4-7H,3,8H2,1-2H3. The maximum Gasteiger partial charge on any atom is 0.0716 e. The van der Waals surface area contributed by atoms with Crippen LogP contribution < -0.4 is 0 Å². The number of rotatable bonds is 3. The average molecular weight is 150 g/mol. The molecule has 0 fully saturated rings. The van der Waals surface area contributed by atoms with Gasteiger partial charge in [-0.25, -0.2) is 0 Å². The summed E-state index contributed by atoms with van der Waals surface area (Å²) in [5.74, 6) is 0. The van der Waals surface area contributed by atoms with Crippen molar-refractivity contribution >= 4 is 0 Å². The summed E-state index contributed by atoms with van der Waals surface area (Å²) in [5.41, 5.74) is 2.54. The Labute approximate surface area is 68.0 Å². The molecule has 0 saturated heterocycles. The van der Waals surface area contributed by atoms with Gasteiger partial charge < -0.3 is 4.74 Å². The van der Waals surface area contributed by atoms with Crippen molar-refractivity contribution in [2.24, 2.45) is 0 Å². The van der Waals surface area contributed by atoms with Crippen molar-refractivity contribution < 1.29 is 4.74 Å². The molecule has 0 amide bonds. The average Bonchev–Trinajstić information content (AvgIpc) is 2.04. The molecule has 1 heteroatoms. The van der Waals surface area contributed by atoms with Crippen LogP contribution in [0.4, 0.5) is 0 Å². The molecule has 0 saturated carbocycles. The lowest BCUT2D eigenvalue weighted by molar-refractivity contribution is 0.134. The van der Waals surface area contributed by atoms with Crippen molar-refractivity contribution in [3.8, 4) is 0 Å². The first kappa shape index (κ1) is 8.28. The maximum absolute atomic E-state index is 5.26. The van der Waals surface area contributed by atoms with Crippen LogP contribution in [0.15, 0.2) is 24.3 Å². The van der Waals surface area contributed by atoms with Crippen LogP contribution in [0.5, 0.6) is 0 Å². The third-order valence-electron chi connectivity index (χ3n) is 1.59. The molecule has 0 atom stereocenters. The minimum Gasteiger partial charge on any atom is -0.377 e. The van der Waals surface area contributed by atoms with E-state index >= 15 is 0 Å². The summed E-state index contributed by atoms with van der Waals surface area (Å²) in [6.07, 6.45) is 0. The Morgan fingerprint density at radius 3 is 2.36 bits per heavy atom. The molecule has 60 valence electrons. The van der Waals surface area contributed by atoms with Gasteiger partial charge in [-0.15, -0.1) is 0 Å². The van der Waals surface area contributed by atoms with Crippen molar-refractivity contribution in [2.75, 3.05) is 6.61 Å². The van der Waals surface area contributed by atoms with Crippen molar-refractivity contribution in [3.05, 3.63) is 35.4 Å². The smallest absolute Gasteiger partial charge is 0.0716 e. The topological polar surface area (TPSA) is 9.23 Å². The second-order valence-electron chi connectivity index (χ2n) is 2.62. The highest BCUT2D eigenvalue weighted by Crippen LogP contribution is 2.03. The maximum atomic E-state index is 5.26. The van der Waals surface area contributed by atoms with Gasteiger partial charge in [-0.1, -0.05) is 29.8 Å². The van der Waals surface area contributed by atoms with Gasteiger partial charge in [-0.3, -0.25) is 0 Å². The van der Waals surface area contributed by atoms with E-state index in [9.17, 15) is 0 Å². The third-order valence-corrected chi connectivity index (χ3v) is 1.59. The van der Waals surface area contributed by atoms with Crippen LogP contribution in [-0.2, 0) is 11.3 Å². The highest BCUT2D eigenvalue weighted by molar-refractivity contribution is 5.20. The van der Waals surface area contributed by atoms with Crippen molar-refractivity contribution in [1.29, 1.82) is 0 Å². The van der Waals surface area contributed by atoms with Crippen LogP contribution in [0.3, 0.4) is 0 Å². The van der Waals surface area contributed by atoms with Crippen LogP contribution in [-0.4, -0.2) is 6.61 Å². The van der Waals surface area contributed by atoms with Crippen LogP contribution in [0.25, 0.3) is 0 Å². The molecular weight excluding hydrogens is 136 g/mol. The van der Waals surface area contributed by atoms with E-state index in [-0.39, 0.29) is 0 Å². The zero-order valence-electron chi connectivity index (χ0n) is 7.13. The van der Waals surface area contributed by atoms with Gasteiger partial charge in [0.1, 0.15) is 0 Å². The Kier molecular flexibility index (Phi) is 3.12. The normalized spacial score (nSPS) is 10.0. The third kappa shape index (κ3) is 2.72. The lowest BCUT2D eigenvalue weighted by Gasteiger charge is -2.00. The summed E-state index contributed by atoms with van der Waals surface area (Å²) < 4.78 is 5.26. The fourth-order valence-electron chi connectivity index (χ4n) is 0.904. The molecule has 0 aliphatic carbocycles. The Morgan fingerprint density at radius 2 is 1.82 bits per heavy atom. The number of ether oxygens (including phenoxy) is 1. The van der Waals surface area contributed by atoms with Crippen molar-refractivity contribution in [3.63, 3.8) is 0 Å². The first-order chi connectivity index (χ1) is 5.33. The van der Waals surface area contributed by atoms with Gasteiger partial charge in [0, 0.05) is 6.61 Å². The molecule has 0 unspecified atom stereocenters. The van der Waals surface area contributed by atoms with Crippen LogP contribution in [0.2, 0.25) is 0 Å². The molecule has 0 N–H and O–H groups in total. The van der Waals surface area contributed by atoms with E-state index in [1.165, 1.54) is 11.1 Å². The SMILES string of the molecule is CCOCc1ccc(C)cc1. The molecule has 0 aromatic heterocycles. The lowest BCUT2D eigenvalue weighted by atomic mass is 10.2. The van der Waals surface area contributed by atoms with Crippen LogP contribution in [0, 0.1) is 6.92 Å². The molecule has 1 nitrogen and oxygen atoms in total. The number of hydrogen-bond donors (Lipinski definition) is 0. The largest absolute Gasteiger partial charge is 0.377 e. The van der Waals surface area contributed by atoms with E-state index in [2.05, 4.69) is 31.2 Å². The minimum atomic E-state index is 0.733. The highest BCUT2D eigenvalue weighted by atomic mass is 16.5. The van der Waals surface area contributed by atoms with E-state index in [1.54, 1.807) is 0 Å². The summed E-state index contributed by atoms with van der Waals surface area (Å²) in [5, 5.41) is 0. The van der Waals surface area contributed by atoms with E-state index in [4.69, 9.17) is 4.74 Å². The molecule has 1 aromatic rings. The lowest BCUT2D eigenvalue weighted by Crippen LogP contribution is -1.90. The molecule has 0 bridgehead atoms. The number of benzene rings is 1. The molecule has 0 heterocycles. The van der Waals surface area contributed by atoms with Crippen LogP contribution in [0.1, 0.15) is 18.1 Å². The first-order valence-electron chi connectivity index (χ1n) is 3.96. The summed E-state index contributed by atoms with van der Waals surface area (Å²) in [7, 11) is 0. The van der Waals surface area contributed by atoms with Crippen molar-refractivity contribution in [2.45, 2.75) is 20.5 Å². The molecular formula is C10H14O. The predicted octanol–water partition coefficient (Wildman–Crippen LogP) is 2.53. The van der Waals surface area contributed by atoms with E-state index in [0.717, 1.165) is 13.2 Å². The van der Waals surface area contributed by atoms with Crippen molar-refractivity contribution in [1.82, 2.24) is 0 Å². The van der Waals surface area contributed by atoms with Crippen LogP contribution >= 0.6 is 0 Å². The van der Waals surface area contributed by atoms with E-state index in [1.807, 2.05) is 6.92 Å². The van der Waals surface area contributed by atoms with Gasteiger partial charge in [0.15, 0.2) is 0 Å². The second-order valence-corrected chi connectivity index (χ2v) is 2.62. The van der Waals surface area contributed by atoms with Gasteiger partial charge in [0.2, 0.25) is 0 Å². The minimum absolute atomic E-state index is 0.733. The second kappa shape index (κ2) is 4.14. The summed E-state index contributed by atoms with van der Waals surface area (Å²) in [4.78, 5) is 0. The summed E-state index contributed by atoms with van der Waals surface area (Å²) >= 11 is 0. The monoisotopic (exact) mass is 150 g/mol. The van der Waals surface area contributed by atoms with Gasteiger partial charge >= 0.3 is 0 Å². The van der Waals surface area contributed by atoms with Gasteiger partial charge in [0.25, 0.3) is 0 Å². The Morgan fingerprint density at radius 1 is 1.18 bits per heavy atom. The molecule has 0 aliphatic heterocycles. The van der Waals surface area contributed by atoms with Gasteiger partial charge in [-0.2, -0.15) is 0 Å². The quantitative estimate of drug-likeness (QED) is 0.643. The van der Waals surface area contributed by atoms with Gasteiger partial charge in [-0.05, 0) is 19.4 Å². The molecule has 11 heavy (non-hydrogen) atoms. The summed E-state index contributed by atoms with van der Waals surface area (Å²) in [6.45, 7) is 5.61. The van der Waals surface area contributed by atoms with E-state index < -0.39 is 0 Å². The Hall–Kier alpha value is -0.820. The predicted molar refractivity (Wildman–Crippen MR) is 46.5 cm³/mol. The van der Waals surface area contributed by atoms with Gasteiger partial charge in [0.05, 0.1) is 6.61 Å². The highest BCUT2D eigenvalue weighted by Gasteiger charge is 1.89. The number of aryl methyl sites for hydroxylation is 1. The zero-order valence-corrected chi connectivity index (χ0v) is 7.13. The number of hydrogen-bond acceptors (Lipinski definition) is 1. The first-order valence-corrected chi connectivity index (χ1v) is 3.96. The van der Waals surface area contributed by atoms with E-state index in [0.29, 0.717) is 0 Å². The molecule has 0 aliphatic rings. The molecule has 1 aromatic carbocycles. The molecule has 0 radical (unpaired) electrons. The fraction of sp³-hybridized carbons (Fsp3) is 0.400. The Balaban J connectivity index is 2.52. The molecule has 0 spiro atoms.